The average Bonchev–Trinajstić information content (AvgIpc) is 2.73. The van der Waals surface area contributed by atoms with Crippen molar-refractivity contribution in [2.45, 2.75) is 26.4 Å². The first-order chi connectivity index (χ1) is 15.4. The Labute approximate surface area is 213 Å². The minimum Gasteiger partial charge on any atom is -0.355 e. The van der Waals surface area contributed by atoms with E-state index in [1.54, 1.807) is 38.1 Å². The molecule has 0 saturated heterocycles. The fourth-order valence-electron chi connectivity index (χ4n) is 3.01. The number of benzene rings is 2. The van der Waals surface area contributed by atoms with Crippen molar-refractivity contribution in [2.75, 3.05) is 23.7 Å². The van der Waals surface area contributed by atoms with Crippen molar-refractivity contribution in [3.8, 4) is 0 Å². The zero-order chi connectivity index (χ0) is 24.9. The Balaban J connectivity index is 2.47. The SMILES string of the molecule is CCNC(=O)[C@@H](C)N(Cc1ccccc1Cl)C(=O)CN(c1cc(Cl)c(Cl)cc1Cl)S(C)(=O)=O. The van der Waals surface area contributed by atoms with Crippen LogP contribution in [0.5, 0.6) is 0 Å². The summed E-state index contributed by atoms with van der Waals surface area (Å²) in [5.74, 6) is -1.03. The highest BCUT2D eigenvalue weighted by molar-refractivity contribution is 7.92. The van der Waals surface area contributed by atoms with Crippen LogP contribution in [0.3, 0.4) is 0 Å². The lowest BCUT2D eigenvalue weighted by atomic mass is 10.1. The van der Waals surface area contributed by atoms with E-state index < -0.39 is 34.4 Å². The van der Waals surface area contributed by atoms with Crippen LogP contribution in [-0.2, 0) is 26.2 Å². The number of hydrogen-bond acceptors (Lipinski definition) is 4. The maximum atomic E-state index is 13.4. The van der Waals surface area contributed by atoms with Gasteiger partial charge in [-0.2, -0.15) is 0 Å². The highest BCUT2D eigenvalue weighted by Crippen LogP contribution is 2.35. The normalized spacial score (nSPS) is 12.2. The molecule has 0 spiro atoms. The molecule has 2 aromatic carbocycles. The highest BCUT2D eigenvalue weighted by Gasteiger charge is 2.31. The van der Waals surface area contributed by atoms with Crippen molar-refractivity contribution in [3.05, 3.63) is 62.1 Å². The summed E-state index contributed by atoms with van der Waals surface area (Å²) in [4.78, 5) is 27.2. The number of rotatable bonds is 9. The number of nitrogens with zero attached hydrogens (tertiary/aromatic N) is 2. The van der Waals surface area contributed by atoms with Gasteiger partial charge in [0.15, 0.2) is 0 Å². The molecule has 2 amide bonds. The summed E-state index contributed by atoms with van der Waals surface area (Å²) >= 11 is 24.5. The van der Waals surface area contributed by atoms with Crippen LogP contribution in [0, 0.1) is 0 Å². The van der Waals surface area contributed by atoms with Gasteiger partial charge in [0, 0.05) is 18.1 Å². The lowest BCUT2D eigenvalue weighted by Gasteiger charge is -2.32. The van der Waals surface area contributed by atoms with Crippen LogP contribution in [0.1, 0.15) is 19.4 Å². The predicted octanol–water partition coefficient (Wildman–Crippen LogP) is 4.62. The number of halogens is 4. The Bertz CT molecular complexity index is 1140. The van der Waals surface area contributed by atoms with Crippen LogP contribution in [-0.4, -0.2) is 50.5 Å². The second kappa shape index (κ2) is 11.6. The summed E-state index contributed by atoms with van der Waals surface area (Å²) in [5, 5.41) is 3.28. The molecule has 0 unspecified atom stereocenters. The van der Waals surface area contributed by atoms with Crippen molar-refractivity contribution < 1.29 is 18.0 Å². The van der Waals surface area contributed by atoms with Crippen LogP contribution in [0.4, 0.5) is 5.69 Å². The molecule has 0 aliphatic rings. The number of hydrogen-bond donors (Lipinski definition) is 1. The summed E-state index contributed by atoms with van der Waals surface area (Å²) in [7, 11) is -3.96. The molecule has 180 valence electrons. The first-order valence-corrected chi connectivity index (χ1v) is 13.2. The van der Waals surface area contributed by atoms with E-state index in [0.717, 1.165) is 10.6 Å². The molecular weight excluding hydrogens is 532 g/mol. The molecule has 0 aromatic heterocycles. The minimum absolute atomic E-state index is 0.00273. The maximum absolute atomic E-state index is 13.4. The molecule has 1 N–H and O–H groups in total. The van der Waals surface area contributed by atoms with Crippen LogP contribution in [0.2, 0.25) is 20.1 Å². The lowest BCUT2D eigenvalue weighted by molar-refractivity contribution is -0.139. The van der Waals surface area contributed by atoms with Crippen molar-refractivity contribution in [2.24, 2.45) is 0 Å². The van der Waals surface area contributed by atoms with E-state index >= 15 is 0 Å². The molecule has 2 aromatic rings. The zero-order valence-corrected chi connectivity index (χ0v) is 22.0. The molecule has 33 heavy (non-hydrogen) atoms. The first-order valence-electron chi connectivity index (χ1n) is 9.79. The Morgan fingerprint density at radius 2 is 1.61 bits per heavy atom. The number of anilines is 1. The van der Waals surface area contributed by atoms with Crippen molar-refractivity contribution in [3.63, 3.8) is 0 Å². The molecule has 2 rings (SSSR count). The first kappa shape index (κ1) is 27.5. The number of carbonyl (C=O) groups excluding carboxylic acids is 2. The van der Waals surface area contributed by atoms with Gasteiger partial charge in [0.2, 0.25) is 21.8 Å². The number of amides is 2. The van der Waals surface area contributed by atoms with Crippen LogP contribution < -0.4 is 9.62 Å². The van der Waals surface area contributed by atoms with Gasteiger partial charge in [0.25, 0.3) is 0 Å². The summed E-state index contributed by atoms with van der Waals surface area (Å²) in [5.41, 5.74) is 0.590. The number of likely N-dealkylation sites (N-methyl/N-ethyl adjacent to an activating group) is 1. The fourth-order valence-corrected chi connectivity index (χ4v) is 4.75. The van der Waals surface area contributed by atoms with E-state index in [1.165, 1.54) is 17.0 Å². The van der Waals surface area contributed by atoms with Gasteiger partial charge in [-0.05, 0) is 37.6 Å². The van der Waals surface area contributed by atoms with E-state index in [9.17, 15) is 18.0 Å². The van der Waals surface area contributed by atoms with Gasteiger partial charge in [0.05, 0.1) is 27.0 Å². The van der Waals surface area contributed by atoms with E-state index in [-0.39, 0.29) is 27.3 Å². The molecular formula is C21H23Cl4N3O4S. The van der Waals surface area contributed by atoms with Gasteiger partial charge >= 0.3 is 0 Å². The monoisotopic (exact) mass is 553 g/mol. The second-order valence-electron chi connectivity index (χ2n) is 7.17. The summed E-state index contributed by atoms with van der Waals surface area (Å²) < 4.78 is 26.0. The number of nitrogens with one attached hydrogen (secondary N) is 1. The van der Waals surface area contributed by atoms with Gasteiger partial charge in [-0.1, -0.05) is 64.6 Å². The van der Waals surface area contributed by atoms with Crippen LogP contribution in [0.15, 0.2) is 36.4 Å². The maximum Gasteiger partial charge on any atom is 0.244 e. The molecule has 0 aliphatic carbocycles. The summed E-state index contributed by atoms with van der Waals surface area (Å²) in [6, 6.07) is 8.53. The fraction of sp³-hybridized carbons (Fsp3) is 0.333. The molecule has 0 aliphatic heterocycles. The lowest BCUT2D eigenvalue weighted by Crippen LogP contribution is -2.51. The predicted molar refractivity (Wildman–Crippen MR) is 134 cm³/mol. The molecule has 0 saturated carbocycles. The number of carbonyl (C=O) groups is 2. The van der Waals surface area contributed by atoms with Gasteiger partial charge in [-0.3, -0.25) is 13.9 Å². The Morgan fingerprint density at radius 1 is 1.00 bits per heavy atom. The smallest absolute Gasteiger partial charge is 0.244 e. The van der Waals surface area contributed by atoms with Crippen molar-refractivity contribution in [1.29, 1.82) is 0 Å². The topological polar surface area (TPSA) is 86.8 Å². The molecule has 0 bridgehead atoms. The van der Waals surface area contributed by atoms with Gasteiger partial charge in [0.1, 0.15) is 12.6 Å². The third-order valence-corrected chi connectivity index (χ3v) is 7.27. The average molecular weight is 555 g/mol. The summed E-state index contributed by atoms with van der Waals surface area (Å²) in [6.45, 7) is 3.04. The molecule has 0 radical (unpaired) electrons. The van der Waals surface area contributed by atoms with Crippen LogP contribution >= 0.6 is 46.4 Å². The van der Waals surface area contributed by atoms with Gasteiger partial charge in [-0.15, -0.1) is 0 Å². The molecule has 0 heterocycles. The van der Waals surface area contributed by atoms with E-state index in [0.29, 0.717) is 17.1 Å². The highest BCUT2D eigenvalue weighted by atomic mass is 35.5. The largest absolute Gasteiger partial charge is 0.355 e. The van der Waals surface area contributed by atoms with E-state index in [1.807, 2.05) is 0 Å². The molecule has 7 nitrogen and oxygen atoms in total. The summed E-state index contributed by atoms with van der Waals surface area (Å²) in [6.07, 6.45) is 0.935. The molecule has 12 heteroatoms. The quantitative estimate of drug-likeness (QED) is 0.458. The van der Waals surface area contributed by atoms with E-state index in [4.69, 9.17) is 46.4 Å². The third-order valence-electron chi connectivity index (χ3n) is 4.75. The standard InChI is InChI=1S/C21H23Cl4N3O4S/c1-4-26-21(30)13(2)27(11-14-7-5-6-8-15(14)22)20(29)12-28(33(3,31)32)19-10-17(24)16(23)9-18(19)25/h5-10,13H,4,11-12H2,1-3H3,(H,26,30)/t13-/m1/s1. The van der Waals surface area contributed by atoms with Crippen molar-refractivity contribution >= 4 is 73.9 Å². The molecule has 0 fully saturated rings. The zero-order valence-electron chi connectivity index (χ0n) is 18.1. The number of sulfonamides is 1. The molecule has 1 atom stereocenters. The second-order valence-corrected chi connectivity index (χ2v) is 10.7. The Hall–Kier alpha value is -1.71. The van der Waals surface area contributed by atoms with Crippen LogP contribution in [0.25, 0.3) is 0 Å². The van der Waals surface area contributed by atoms with Gasteiger partial charge < -0.3 is 10.2 Å². The Morgan fingerprint density at radius 3 is 2.18 bits per heavy atom. The minimum atomic E-state index is -3.96. The van der Waals surface area contributed by atoms with E-state index in [2.05, 4.69) is 5.32 Å². The van der Waals surface area contributed by atoms with Gasteiger partial charge in [-0.25, -0.2) is 8.42 Å². The Kier molecular flexibility index (Phi) is 9.70. The van der Waals surface area contributed by atoms with Crippen molar-refractivity contribution in [1.82, 2.24) is 10.2 Å². The third kappa shape index (κ3) is 7.13.